The molecule has 0 spiro atoms. The second kappa shape index (κ2) is 8.39. The van der Waals surface area contributed by atoms with E-state index in [9.17, 15) is 9.18 Å². The number of carbonyl (C=O) groups excluding carboxylic acids is 1. The lowest BCUT2D eigenvalue weighted by molar-refractivity contribution is 0.210. The van der Waals surface area contributed by atoms with E-state index in [0.717, 1.165) is 11.3 Å². The fraction of sp³-hybridized carbons (Fsp3) is 0.263. The molecule has 0 aliphatic carbocycles. The molecule has 142 valence electrons. The first-order valence-electron chi connectivity index (χ1n) is 8.42. The summed E-state index contributed by atoms with van der Waals surface area (Å²) in [6.45, 7) is 0.593. The van der Waals surface area contributed by atoms with E-state index in [0.29, 0.717) is 18.1 Å². The van der Waals surface area contributed by atoms with Crippen molar-refractivity contribution in [2.75, 3.05) is 26.1 Å². The Hall–Kier alpha value is -3.29. The Kier molecular flexibility index (Phi) is 5.75. The number of hydrogen-bond acceptors (Lipinski definition) is 4. The number of benzene rings is 2. The van der Waals surface area contributed by atoms with Gasteiger partial charge in [0, 0.05) is 18.2 Å². The van der Waals surface area contributed by atoms with E-state index in [1.54, 1.807) is 7.11 Å². The van der Waals surface area contributed by atoms with Gasteiger partial charge in [0.15, 0.2) is 5.84 Å². The van der Waals surface area contributed by atoms with Crippen LogP contribution in [-0.2, 0) is 4.84 Å². The Morgan fingerprint density at radius 1 is 1.15 bits per heavy atom. The Labute approximate surface area is 156 Å². The average Bonchev–Trinajstić information content (AvgIpc) is 3.06. The lowest BCUT2D eigenvalue weighted by Gasteiger charge is -2.20. The summed E-state index contributed by atoms with van der Waals surface area (Å²) in [7, 11) is 3.06. The van der Waals surface area contributed by atoms with Gasteiger partial charge in [-0.25, -0.2) is 9.18 Å². The first-order valence-corrected chi connectivity index (χ1v) is 8.42. The molecule has 2 atom stereocenters. The molecule has 0 unspecified atom stereocenters. The normalized spacial score (nSPS) is 20.0. The highest BCUT2D eigenvalue weighted by atomic mass is 19.1. The SMILES string of the molecule is CO/N=C1\NC[C@@H](c2ccc(OC)cc2)[C@@H]1NC(=O)Nc1ccc(F)cc1. The highest BCUT2D eigenvalue weighted by Crippen LogP contribution is 2.26. The third-order valence-electron chi connectivity index (χ3n) is 4.32. The van der Waals surface area contributed by atoms with Crippen molar-refractivity contribution in [1.82, 2.24) is 10.6 Å². The summed E-state index contributed by atoms with van der Waals surface area (Å²) in [6, 6.07) is 12.4. The van der Waals surface area contributed by atoms with Gasteiger partial charge >= 0.3 is 6.03 Å². The fourth-order valence-corrected chi connectivity index (χ4v) is 2.99. The van der Waals surface area contributed by atoms with E-state index in [-0.39, 0.29) is 11.7 Å². The zero-order valence-corrected chi connectivity index (χ0v) is 15.0. The largest absolute Gasteiger partial charge is 0.497 e. The zero-order valence-electron chi connectivity index (χ0n) is 15.0. The van der Waals surface area contributed by atoms with Crippen molar-refractivity contribution in [3.63, 3.8) is 0 Å². The van der Waals surface area contributed by atoms with Crippen LogP contribution in [0.15, 0.2) is 53.7 Å². The van der Waals surface area contributed by atoms with Crippen molar-refractivity contribution >= 4 is 17.6 Å². The summed E-state index contributed by atoms with van der Waals surface area (Å²) in [4.78, 5) is 17.3. The maximum absolute atomic E-state index is 13.0. The molecule has 0 aromatic heterocycles. The highest BCUT2D eigenvalue weighted by Gasteiger charge is 2.36. The van der Waals surface area contributed by atoms with Crippen molar-refractivity contribution in [3.8, 4) is 5.75 Å². The number of nitrogens with zero attached hydrogens (tertiary/aromatic N) is 1. The number of amidine groups is 1. The molecule has 0 saturated carbocycles. The molecule has 1 heterocycles. The number of ether oxygens (including phenoxy) is 1. The van der Waals surface area contributed by atoms with Crippen molar-refractivity contribution in [2.45, 2.75) is 12.0 Å². The maximum Gasteiger partial charge on any atom is 0.319 e. The van der Waals surface area contributed by atoms with Crippen molar-refractivity contribution in [1.29, 1.82) is 0 Å². The number of amides is 2. The highest BCUT2D eigenvalue weighted by molar-refractivity contribution is 5.97. The summed E-state index contributed by atoms with van der Waals surface area (Å²) < 4.78 is 18.2. The molecule has 7 nitrogen and oxygen atoms in total. The van der Waals surface area contributed by atoms with Crippen LogP contribution in [0.4, 0.5) is 14.9 Å². The standard InChI is InChI=1S/C19H21FN4O3/c1-26-15-9-3-12(4-10-15)16-11-21-18(24-27-2)17(16)23-19(25)22-14-7-5-13(20)6-8-14/h3-10,16-17H,11H2,1-2H3,(H,21,24)(H2,22,23,25)/t16-,17-/m0/s1. The van der Waals surface area contributed by atoms with E-state index in [2.05, 4.69) is 21.1 Å². The number of hydrogen-bond donors (Lipinski definition) is 3. The number of halogens is 1. The third-order valence-corrected chi connectivity index (χ3v) is 4.32. The van der Waals surface area contributed by atoms with Gasteiger partial charge in [0.05, 0.1) is 7.11 Å². The molecule has 1 saturated heterocycles. The molecular formula is C19H21FN4O3. The number of anilines is 1. The fourth-order valence-electron chi connectivity index (χ4n) is 2.99. The van der Waals surface area contributed by atoms with Crippen LogP contribution in [0.25, 0.3) is 0 Å². The molecule has 8 heteroatoms. The Morgan fingerprint density at radius 2 is 1.85 bits per heavy atom. The maximum atomic E-state index is 13.0. The van der Waals surface area contributed by atoms with Crippen LogP contribution in [0.5, 0.6) is 5.75 Å². The van der Waals surface area contributed by atoms with Crippen LogP contribution in [-0.4, -0.2) is 38.7 Å². The number of carbonyl (C=O) groups is 1. The molecular weight excluding hydrogens is 351 g/mol. The molecule has 27 heavy (non-hydrogen) atoms. The summed E-state index contributed by atoms with van der Waals surface area (Å²) in [6.07, 6.45) is 0. The van der Waals surface area contributed by atoms with E-state index in [1.165, 1.54) is 31.4 Å². The molecule has 1 aliphatic rings. The van der Waals surface area contributed by atoms with Gasteiger partial charge in [-0.05, 0) is 42.0 Å². The third kappa shape index (κ3) is 4.46. The average molecular weight is 372 g/mol. The predicted molar refractivity (Wildman–Crippen MR) is 101 cm³/mol. The van der Waals surface area contributed by atoms with Gasteiger partial charge in [-0.15, -0.1) is 0 Å². The first kappa shape index (κ1) is 18.5. The van der Waals surface area contributed by atoms with Gasteiger partial charge in [0.2, 0.25) is 0 Å². The monoisotopic (exact) mass is 372 g/mol. The molecule has 2 aromatic carbocycles. The van der Waals surface area contributed by atoms with Crippen LogP contribution < -0.4 is 20.7 Å². The Morgan fingerprint density at radius 3 is 2.48 bits per heavy atom. The van der Waals surface area contributed by atoms with Gasteiger partial charge in [-0.2, -0.15) is 0 Å². The van der Waals surface area contributed by atoms with Gasteiger partial charge in [0.1, 0.15) is 24.7 Å². The molecule has 2 aromatic rings. The van der Waals surface area contributed by atoms with E-state index < -0.39 is 12.1 Å². The number of rotatable bonds is 5. The van der Waals surface area contributed by atoms with Crippen LogP contribution >= 0.6 is 0 Å². The second-order valence-corrected chi connectivity index (χ2v) is 6.00. The minimum absolute atomic E-state index is 0.0382. The minimum atomic E-state index is -0.419. The number of methoxy groups -OCH3 is 1. The first-order chi connectivity index (χ1) is 13.1. The summed E-state index contributed by atoms with van der Waals surface area (Å²) in [5, 5.41) is 12.7. The van der Waals surface area contributed by atoms with E-state index in [1.807, 2.05) is 24.3 Å². The number of oxime groups is 1. The summed E-state index contributed by atoms with van der Waals surface area (Å²) >= 11 is 0. The Bertz CT molecular complexity index is 809. The van der Waals surface area contributed by atoms with Crippen LogP contribution in [0.1, 0.15) is 11.5 Å². The van der Waals surface area contributed by atoms with Crippen molar-refractivity contribution < 1.29 is 18.8 Å². The van der Waals surface area contributed by atoms with Gasteiger partial charge in [-0.3, -0.25) is 0 Å². The second-order valence-electron chi connectivity index (χ2n) is 6.00. The zero-order chi connectivity index (χ0) is 19.2. The van der Waals surface area contributed by atoms with Crippen LogP contribution in [0.2, 0.25) is 0 Å². The molecule has 0 radical (unpaired) electrons. The lowest BCUT2D eigenvalue weighted by atomic mass is 9.94. The predicted octanol–water partition coefficient (Wildman–Crippen LogP) is 2.67. The van der Waals surface area contributed by atoms with Crippen LogP contribution in [0.3, 0.4) is 0 Å². The Balaban J connectivity index is 1.75. The quantitative estimate of drug-likeness (QED) is 0.705. The minimum Gasteiger partial charge on any atom is -0.497 e. The van der Waals surface area contributed by atoms with E-state index >= 15 is 0 Å². The summed E-state index contributed by atoms with van der Waals surface area (Å²) in [5.74, 6) is 0.889. The summed E-state index contributed by atoms with van der Waals surface area (Å²) in [5.41, 5.74) is 1.52. The molecule has 1 aliphatic heterocycles. The van der Waals surface area contributed by atoms with Gasteiger partial charge in [0.25, 0.3) is 0 Å². The number of nitrogens with one attached hydrogen (secondary N) is 3. The smallest absolute Gasteiger partial charge is 0.319 e. The van der Waals surface area contributed by atoms with E-state index in [4.69, 9.17) is 9.57 Å². The molecule has 3 rings (SSSR count). The molecule has 0 bridgehead atoms. The molecule has 1 fully saturated rings. The molecule has 2 amide bonds. The van der Waals surface area contributed by atoms with Crippen molar-refractivity contribution in [2.24, 2.45) is 5.16 Å². The lowest BCUT2D eigenvalue weighted by Crippen LogP contribution is -2.45. The van der Waals surface area contributed by atoms with Gasteiger partial charge < -0.3 is 25.5 Å². The molecule has 3 N–H and O–H groups in total. The van der Waals surface area contributed by atoms with Gasteiger partial charge in [-0.1, -0.05) is 17.3 Å². The van der Waals surface area contributed by atoms with Crippen LogP contribution in [0, 0.1) is 5.82 Å². The van der Waals surface area contributed by atoms with Crippen molar-refractivity contribution in [3.05, 3.63) is 59.9 Å². The topological polar surface area (TPSA) is 84.0 Å². The number of urea groups is 1.